The van der Waals surface area contributed by atoms with Gasteiger partial charge in [-0.3, -0.25) is 0 Å². The topological polar surface area (TPSA) is 116 Å². The molecule has 7 nitrogen and oxygen atoms in total. The molecule has 142 valence electrons. The summed E-state index contributed by atoms with van der Waals surface area (Å²) in [6.45, 7) is 3.88. The SMILES string of the molecule is COc1cc(C)c(C)cc1S(=O)(=O)NCCc1ccc(S(N)(=O)=O)cc1. The van der Waals surface area contributed by atoms with Gasteiger partial charge in [0.2, 0.25) is 20.0 Å². The van der Waals surface area contributed by atoms with Crippen LogP contribution in [-0.2, 0) is 26.5 Å². The van der Waals surface area contributed by atoms with Crippen LogP contribution in [0.3, 0.4) is 0 Å². The van der Waals surface area contributed by atoms with E-state index in [9.17, 15) is 16.8 Å². The number of aryl methyl sites for hydroxylation is 2. The molecule has 0 spiro atoms. The van der Waals surface area contributed by atoms with Gasteiger partial charge in [-0.1, -0.05) is 12.1 Å². The smallest absolute Gasteiger partial charge is 0.244 e. The summed E-state index contributed by atoms with van der Waals surface area (Å²) in [7, 11) is -6.05. The number of methoxy groups -OCH3 is 1. The third-order valence-electron chi connectivity index (χ3n) is 4.03. The highest BCUT2D eigenvalue weighted by atomic mass is 32.2. The van der Waals surface area contributed by atoms with Crippen LogP contribution in [0.25, 0.3) is 0 Å². The Labute approximate surface area is 154 Å². The van der Waals surface area contributed by atoms with Crippen LogP contribution >= 0.6 is 0 Å². The Hall–Kier alpha value is -1.94. The molecule has 2 aromatic rings. The van der Waals surface area contributed by atoms with E-state index in [1.807, 2.05) is 13.8 Å². The van der Waals surface area contributed by atoms with E-state index in [4.69, 9.17) is 9.88 Å². The Morgan fingerprint density at radius 2 is 1.58 bits per heavy atom. The van der Waals surface area contributed by atoms with E-state index in [2.05, 4.69) is 4.72 Å². The van der Waals surface area contributed by atoms with E-state index < -0.39 is 20.0 Å². The normalized spacial score (nSPS) is 12.2. The van der Waals surface area contributed by atoms with Crippen molar-refractivity contribution in [2.45, 2.75) is 30.1 Å². The van der Waals surface area contributed by atoms with E-state index in [-0.39, 0.29) is 22.1 Å². The highest BCUT2D eigenvalue weighted by molar-refractivity contribution is 7.89. The molecule has 0 saturated heterocycles. The van der Waals surface area contributed by atoms with Crippen molar-refractivity contribution in [2.24, 2.45) is 5.14 Å². The lowest BCUT2D eigenvalue weighted by Crippen LogP contribution is -2.26. The molecule has 0 aliphatic carbocycles. The maximum Gasteiger partial charge on any atom is 0.244 e. The molecule has 0 aliphatic heterocycles. The van der Waals surface area contributed by atoms with Crippen molar-refractivity contribution in [3.05, 3.63) is 53.1 Å². The molecule has 0 aromatic heterocycles. The molecule has 0 amide bonds. The summed E-state index contributed by atoms with van der Waals surface area (Å²) in [6.07, 6.45) is 0.400. The van der Waals surface area contributed by atoms with Gasteiger partial charge in [-0.25, -0.2) is 26.7 Å². The number of rotatable bonds is 7. The molecule has 2 aromatic carbocycles. The second kappa shape index (κ2) is 7.75. The van der Waals surface area contributed by atoms with Crippen molar-refractivity contribution in [1.29, 1.82) is 0 Å². The first-order chi connectivity index (χ1) is 12.0. The molecule has 0 radical (unpaired) electrons. The van der Waals surface area contributed by atoms with Crippen molar-refractivity contribution >= 4 is 20.0 Å². The fraction of sp³-hybridized carbons (Fsp3) is 0.294. The van der Waals surface area contributed by atoms with E-state index >= 15 is 0 Å². The maximum absolute atomic E-state index is 12.6. The summed E-state index contributed by atoms with van der Waals surface area (Å²) >= 11 is 0. The minimum absolute atomic E-state index is 0.0155. The van der Waals surface area contributed by atoms with Crippen molar-refractivity contribution in [3.8, 4) is 5.75 Å². The predicted molar refractivity (Wildman–Crippen MR) is 99.2 cm³/mol. The monoisotopic (exact) mass is 398 g/mol. The van der Waals surface area contributed by atoms with E-state index in [0.717, 1.165) is 16.7 Å². The molecular formula is C17H22N2O5S2. The molecule has 0 heterocycles. The number of ether oxygens (including phenoxy) is 1. The summed E-state index contributed by atoms with van der Waals surface area (Å²) in [5, 5.41) is 5.05. The maximum atomic E-state index is 12.6. The van der Waals surface area contributed by atoms with Gasteiger partial charge in [0, 0.05) is 6.54 Å². The van der Waals surface area contributed by atoms with E-state index in [1.54, 1.807) is 24.3 Å². The van der Waals surface area contributed by atoms with Crippen molar-refractivity contribution in [3.63, 3.8) is 0 Å². The minimum atomic E-state index is -3.74. The van der Waals surface area contributed by atoms with Gasteiger partial charge in [0.1, 0.15) is 10.6 Å². The Kier molecular flexibility index (Phi) is 6.07. The molecule has 0 aliphatic rings. The first-order valence-corrected chi connectivity index (χ1v) is 10.8. The molecule has 0 saturated carbocycles. The van der Waals surface area contributed by atoms with Crippen molar-refractivity contribution in [2.75, 3.05) is 13.7 Å². The fourth-order valence-electron chi connectivity index (χ4n) is 2.39. The molecular weight excluding hydrogens is 376 g/mol. The van der Waals surface area contributed by atoms with E-state index in [1.165, 1.54) is 19.2 Å². The molecule has 2 rings (SSSR count). The van der Waals surface area contributed by atoms with Crippen LogP contribution in [0.4, 0.5) is 0 Å². The Morgan fingerprint density at radius 3 is 2.12 bits per heavy atom. The quantitative estimate of drug-likeness (QED) is 0.733. The Bertz CT molecular complexity index is 998. The standard InChI is InChI=1S/C17H22N2O5S2/c1-12-10-16(24-3)17(11-13(12)2)26(22,23)19-9-8-14-4-6-15(7-5-14)25(18,20)21/h4-7,10-11,19H,8-9H2,1-3H3,(H2,18,20,21). The number of hydrogen-bond acceptors (Lipinski definition) is 5. The van der Waals surface area contributed by atoms with Crippen LogP contribution in [-0.4, -0.2) is 30.5 Å². The molecule has 9 heteroatoms. The molecule has 0 bridgehead atoms. The third-order valence-corrected chi connectivity index (χ3v) is 6.44. The van der Waals surface area contributed by atoms with Crippen LogP contribution in [0.1, 0.15) is 16.7 Å². The summed E-state index contributed by atoms with van der Waals surface area (Å²) in [5.41, 5.74) is 2.58. The average molecular weight is 399 g/mol. The number of nitrogens with two attached hydrogens (primary N) is 1. The zero-order chi connectivity index (χ0) is 19.5. The number of hydrogen-bond donors (Lipinski definition) is 2. The summed E-state index contributed by atoms with van der Waals surface area (Å²) in [4.78, 5) is 0.106. The zero-order valence-electron chi connectivity index (χ0n) is 14.8. The summed E-state index contributed by atoms with van der Waals surface area (Å²) < 4.78 is 55.3. The Morgan fingerprint density at radius 1 is 1.00 bits per heavy atom. The van der Waals surface area contributed by atoms with Crippen LogP contribution in [0, 0.1) is 13.8 Å². The van der Waals surface area contributed by atoms with Gasteiger partial charge in [0.25, 0.3) is 0 Å². The Balaban J connectivity index is 2.11. The zero-order valence-corrected chi connectivity index (χ0v) is 16.4. The van der Waals surface area contributed by atoms with Crippen LogP contribution in [0.2, 0.25) is 0 Å². The van der Waals surface area contributed by atoms with Gasteiger partial charge in [-0.15, -0.1) is 0 Å². The van der Waals surface area contributed by atoms with Crippen LogP contribution < -0.4 is 14.6 Å². The molecule has 0 atom stereocenters. The first kappa shape index (κ1) is 20.4. The molecule has 26 heavy (non-hydrogen) atoms. The minimum Gasteiger partial charge on any atom is -0.495 e. The van der Waals surface area contributed by atoms with Gasteiger partial charge < -0.3 is 4.74 Å². The van der Waals surface area contributed by atoms with Crippen molar-refractivity contribution in [1.82, 2.24) is 4.72 Å². The molecule has 3 N–H and O–H groups in total. The average Bonchev–Trinajstić information content (AvgIpc) is 2.56. The summed E-state index contributed by atoms with van der Waals surface area (Å²) in [6, 6.07) is 9.26. The highest BCUT2D eigenvalue weighted by Gasteiger charge is 2.20. The third kappa shape index (κ3) is 4.82. The number of nitrogens with one attached hydrogen (secondary N) is 1. The van der Waals surface area contributed by atoms with Crippen LogP contribution in [0.5, 0.6) is 5.75 Å². The van der Waals surface area contributed by atoms with Crippen molar-refractivity contribution < 1.29 is 21.6 Å². The lowest BCUT2D eigenvalue weighted by Gasteiger charge is -2.13. The predicted octanol–water partition coefficient (Wildman–Crippen LogP) is 1.48. The van der Waals surface area contributed by atoms with Gasteiger partial charge in [-0.05, 0) is 61.2 Å². The second-order valence-electron chi connectivity index (χ2n) is 5.92. The number of benzene rings is 2. The van der Waals surface area contributed by atoms with Crippen LogP contribution in [0.15, 0.2) is 46.2 Å². The number of sulfonamides is 2. The second-order valence-corrected chi connectivity index (χ2v) is 9.22. The largest absolute Gasteiger partial charge is 0.495 e. The van der Waals surface area contributed by atoms with Gasteiger partial charge >= 0.3 is 0 Å². The van der Waals surface area contributed by atoms with E-state index in [0.29, 0.717) is 6.42 Å². The molecule has 0 unspecified atom stereocenters. The highest BCUT2D eigenvalue weighted by Crippen LogP contribution is 2.27. The van der Waals surface area contributed by atoms with Gasteiger partial charge in [0.15, 0.2) is 0 Å². The summed E-state index contributed by atoms with van der Waals surface area (Å²) in [5.74, 6) is 0.290. The van der Waals surface area contributed by atoms with Gasteiger partial charge in [0.05, 0.1) is 12.0 Å². The lowest BCUT2D eigenvalue weighted by atomic mass is 10.1. The van der Waals surface area contributed by atoms with Gasteiger partial charge in [-0.2, -0.15) is 0 Å². The molecule has 0 fully saturated rings. The fourth-order valence-corrected chi connectivity index (χ4v) is 4.17. The lowest BCUT2D eigenvalue weighted by molar-refractivity contribution is 0.402. The first-order valence-electron chi connectivity index (χ1n) is 7.81. The number of primary sulfonamides is 1.